The number of aliphatic hydroxyl groups is 1. The Balaban J connectivity index is -0.0000000979. The molecule has 7 nitrogen and oxygen atoms in total. The van der Waals surface area contributed by atoms with Crippen molar-refractivity contribution in [1.29, 1.82) is 0 Å². The topological polar surface area (TPSA) is 91.3 Å². The van der Waals surface area contributed by atoms with Crippen molar-refractivity contribution < 1.29 is 33.6 Å². The summed E-state index contributed by atoms with van der Waals surface area (Å²) in [5.41, 5.74) is 0. The number of unbranched alkanes of at least 4 members (excludes halogenated alkanes) is 4. The number of aliphatic hydroxyl groups excluding tert-OH is 1. The number of carbonyl (C=O) groups excluding carboxylic acids is 2. The SMILES string of the molecule is CC.CC.CC.CC.CC.CCCC(=O)OCCCCOCCCC(C)CCC.CCCCC(C)CCCCOCCCCOC(=O)CCC.CCCO. The molecule has 0 radical (unpaired) electrons. The Morgan fingerprint density at radius 2 is 0.722 bits per heavy atom. The lowest BCUT2D eigenvalue weighted by Gasteiger charge is -2.10. The second-order valence-electron chi connectivity index (χ2n) is 12.1. The van der Waals surface area contributed by atoms with Gasteiger partial charge in [-0.15, -0.1) is 0 Å². The molecule has 0 aliphatic rings. The minimum absolute atomic E-state index is 0.0735. The number of rotatable bonds is 29. The van der Waals surface area contributed by atoms with Crippen LogP contribution in [0.1, 0.15) is 240 Å². The van der Waals surface area contributed by atoms with Crippen molar-refractivity contribution in [3.05, 3.63) is 0 Å². The molecule has 7 heteroatoms. The lowest BCUT2D eigenvalue weighted by molar-refractivity contribution is -0.144. The molecule has 336 valence electrons. The molecule has 0 saturated heterocycles. The molecule has 0 aromatic carbocycles. The molecule has 2 unspecified atom stereocenters. The van der Waals surface area contributed by atoms with Gasteiger partial charge in [-0.3, -0.25) is 9.59 Å². The average molecular weight is 783 g/mol. The lowest BCUT2D eigenvalue weighted by Crippen LogP contribution is -2.06. The second kappa shape index (κ2) is 80.3. The van der Waals surface area contributed by atoms with Gasteiger partial charge in [-0.05, 0) is 76.0 Å². The molecule has 1 N–H and O–H groups in total. The molecule has 0 amide bonds. The smallest absolute Gasteiger partial charge is 0.305 e. The minimum Gasteiger partial charge on any atom is -0.466 e. The van der Waals surface area contributed by atoms with Crippen LogP contribution in [0.25, 0.3) is 0 Å². The summed E-state index contributed by atoms with van der Waals surface area (Å²) in [5, 5.41) is 7.88. The van der Waals surface area contributed by atoms with E-state index in [-0.39, 0.29) is 11.9 Å². The first-order chi connectivity index (χ1) is 26.3. The maximum Gasteiger partial charge on any atom is 0.305 e. The van der Waals surface area contributed by atoms with Crippen molar-refractivity contribution in [2.75, 3.05) is 46.2 Å². The van der Waals surface area contributed by atoms with Gasteiger partial charge < -0.3 is 24.1 Å². The molecule has 2 atom stereocenters. The Labute approximate surface area is 342 Å². The lowest BCUT2D eigenvalue weighted by atomic mass is 9.98. The van der Waals surface area contributed by atoms with Gasteiger partial charge in [0.2, 0.25) is 0 Å². The highest BCUT2D eigenvalue weighted by atomic mass is 16.5. The van der Waals surface area contributed by atoms with Crippen LogP contribution < -0.4 is 0 Å². The van der Waals surface area contributed by atoms with E-state index in [1.165, 1.54) is 57.8 Å². The van der Waals surface area contributed by atoms with E-state index >= 15 is 0 Å². The fourth-order valence-electron chi connectivity index (χ4n) is 4.31. The third-order valence-electron chi connectivity index (χ3n) is 7.08. The molecule has 0 spiro atoms. The quantitative estimate of drug-likeness (QED) is 0.0597. The van der Waals surface area contributed by atoms with Crippen molar-refractivity contribution in [2.24, 2.45) is 11.8 Å². The Morgan fingerprint density at radius 3 is 1.07 bits per heavy atom. The zero-order valence-corrected chi connectivity index (χ0v) is 40.4. The van der Waals surface area contributed by atoms with Crippen LogP contribution in [0, 0.1) is 11.8 Å². The normalized spacial score (nSPS) is 10.3. The van der Waals surface area contributed by atoms with Crippen molar-refractivity contribution in [3.63, 3.8) is 0 Å². The van der Waals surface area contributed by atoms with E-state index in [4.69, 9.17) is 24.1 Å². The summed E-state index contributed by atoms with van der Waals surface area (Å²) in [6.07, 6.45) is 20.3. The van der Waals surface area contributed by atoms with Crippen LogP contribution in [-0.2, 0) is 28.5 Å². The van der Waals surface area contributed by atoms with E-state index < -0.39 is 0 Å². The summed E-state index contributed by atoms with van der Waals surface area (Å²) < 4.78 is 21.4. The van der Waals surface area contributed by atoms with E-state index in [9.17, 15) is 9.59 Å². The van der Waals surface area contributed by atoms with Gasteiger partial charge in [-0.25, -0.2) is 0 Å². The van der Waals surface area contributed by atoms with Crippen molar-refractivity contribution in [2.45, 2.75) is 240 Å². The maximum absolute atomic E-state index is 11.1. The van der Waals surface area contributed by atoms with Gasteiger partial charge in [0, 0.05) is 45.9 Å². The molecule has 0 aromatic rings. The molecule has 0 heterocycles. The Morgan fingerprint density at radius 1 is 0.407 bits per heavy atom. The molecular weight excluding hydrogens is 677 g/mol. The van der Waals surface area contributed by atoms with E-state index in [2.05, 4.69) is 27.7 Å². The highest BCUT2D eigenvalue weighted by Gasteiger charge is 2.03. The molecule has 0 aromatic heterocycles. The van der Waals surface area contributed by atoms with E-state index in [1.807, 2.05) is 90.0 Å². The molecule has 0 saturated carbocycles. The standard InChI is InChI=1S/C18H36O3.C16H32O3.C3H8O.5C2H6/c1-4-6-12-17(3)13-7-8-14-20-15-9-10-16-21-18(19)11-5-2;1-4-9-15(3)11-8-13-18-12-6-7-14-19-16(17)10-5-2;1-2-3-4;5*1-2/h17H,4-16H2,1-3H3;15H,4-14H2,1-3H3;4H,2-3H2,1H3;5*1-2H3. The largest absolute Gasteiger partial charge is 0.466 e. The van der Waals surface area contributed by atoms with Crippen LogP contribution in [-0.4, -0.2) is 63.3 Å². The van der Waals surface area contributed by atoms with Gasteiger partial charge >= 0.3 is 11.9 Å². The minimum atomic E-state index is -0.0756. The van der Waals surface area contributed by atoms with Crippen LogP contribution in [0.15, 0.2) is 0 Å². The molecule has 0 aliphatic carbocycles. The van der Waals surface area contributed by atoms with Crippen LogP contribution in [0.3, 0.4) is 0 Å². The Hall–Kier alpha value is -1.18. The van der Waals surface area contributed by atoms with Gasteiger partial charge in [0.1, 0.15) is 0 Å². The summed E-state index contributed by atoms with van der Waals surface area (Å²) in [5.74, 6) is 1.54. The number of hydrogen-bond acceptors (Lipinski definition) is 7. The van der Waals surface area contributed by atoms with Crippen molar-refractivity contribution >= 4 is 11.9 Å². The van der Waals surface area contributed by atoms with Gasteiger partial charge in [-0.1, -0.05) is 163 Å². The number of esters is 2. The molecule has 0 aliphatic heterocycles. The summed E-state index contributed by atoms with van der Waals surface area (Å²) in [4.78, 5) is 22.2. The van der Waals surface area contributed by atoms with Crippen LogP contribution in [0.5, 0.6) is 0 Å². The molecule has 0 bridgehead atoms. The zero-order valence-electron chi connectivity index (χ0n) is 40.4. The summed E-state index contributed by atoms with van der Waals surface area (Å²) >= 11 is 0. The third-order valence-corrected chi connectivity index (χ3v) is 7.08. The maximum atomic E-state index is 11.1. The molecule has 0 rings (SSSR count). The Bertz CT molecular complexity index is 556. The Kier molecular flexibility index (Phi) is 105. The van der Waals surface area contributed by atoms with Crippen molar-refractivity contribution in [1.82, 2.24) is 0 Å². The van der Waals surface area contributed by atoms with Crippen LogP contribution >= 0.6 is 0 Å². The van der Waals surface area contributed by atoms with E-state index in [1.54, 1.807) is 0 Å². The van der Waals surface area contributed by atoms with Gasteiger partial charge in [0.15, 0.2) is 0 Å². The molecular formula is C47H106O7. The number of ether oxygens (including phenoxy) is 4. The zero-order chi connectivity index (χ0) is 43.5. The first-order valence-corrected chi connectivity index (χ1v) is 23.4. The van der Waals surface area contributed by atoms with Gasteiger partial charge in [-0.2, -0.15) is 0 Å². The summed E-state index contributed by atoms with van der Waals surface area (Å²) in [6, 6.07) is 0. The predicted molar refractivity (Wildman–Crippen MR) is 242 cm³/mol. The van der Waals surface area contributed by atoms with E-state index in [0.717, 1.165) is 89.6 Å². The average Bonchev–Trinajstić information content (AvgIpc) is 3.21. The molecule has 54 heavy (non-hydrogen) atoms. The van der Waals surface area contributed by atoms with Crippen LogP contribution in [0.4, 0.5) is 0 Å². The number of carbonyl (C=O) groups is 2. The van der Waals surface area contributed by atoms with E-state index in [0.29, 0.717) is 32.7 Å². The highest BCUT2D eigenvalue weighted by Crippen LogP contribution is 2.15. The number of hydrogen-bond donors (Lipinski definition) is 1. The predicted octanol–water partition coefficient (Wildman–Crippen LogP) is 15.0. The summed E-state index contributed by atoms with van der Waals surface area (Å²) in [6.45, 7) is 39.8. The summed E-state index contributed by atoms with van der Waals surface area (Å²) in [7, 11) is 0. The second-order valence-corrected chi connectivity index (χ2v) is 12.1. The fraction of sp³-hybridized carbons (Fsp3) is 0.957. The highest BCUT2D eigenvalue weighted by molar-refractivity contribution is 5.69. The monoisotopic (exact) mass is 783 g/mol. The fourth-order valence-corrected chi connectivity index (χ4v) is 4.31. The molecule has 0 fully saturated rings. The first kappa shape index (κ1) is 70.6. The third kappa shape index (κ3) is 88.2. The van der Waals surface area contributed by atoms with Crippen molar-refractivity contribution in [3.8, 4) is 0 Å². The van der Waals surface area contributed by atoms with Gasteiger partial charge in [0.25, 0.3) is 0 Å². The van der Waals surface area contributed by atoms with Gasteiger partial charge in [0.05, 0.1) is 13.2 Å². The van der Waals surface area contributed by atoms with Crippen LogP contribution in [0.2, 0.25) is 0 Å². The first-order valence-electron chi connectivity index (χ1n) is 23.4.